The highest BCUT2D eigenvalue weighted by Crippen LogP contribution is 2.20. The van der Waals surface area contributed by atoms with Gasteiger partial charge in [-0.15, -0.1) is 0 Å². The molecule has 2 aromatic carbocycles. The average Bonchev–Trinajstić information content (AvgIpc) is 2.58. The molecule has 0 saturated carbocycles. The summed E-state index contributed by atoms with van der Waals surface area (Å²) in [5.41, 5.74) is 1.22. The van der Waals surface area contributed by atoms with E-state index in [0.29, 0.717) is 4.90 Å². The molecular weight excluding hydrogens is 424 g/mol. The number of halogens is 2. The normalized spacial score (nSPS) is 16.9. The monoisotopic (exact) mass is 442 g/mol. The molecule has 1 heterocycles. The lowest BCUT2D eigenvalue weighted by molar-refractivity contribution is 0.200. The Labute approximate surface area is 162 Å². The molecule has 4 nitrogen and oxygen atoms in total. The van der Waals surface area contributed by atoms with Crippen LogP contribution in [0.3, 0.4) is 0 Å². The van der Waals surface area contributed by atoms with Crippen LogP contribution in [0.15, 0.2) is 57.9 Å². The van der Waals surface area contributed by atoms with Crippen LogP contribution in [-0.2, 0) is 16.6 Å². The van der Waals surface area contributed by atoms with E-state index in [1.807, 2.05) is 30.3 Å². The second-order valence-corrected chi connectivity index (χ2v) is 9.32. The van der Waals surface area contributed by atoms with Gasteiger partial charge in [-0.1, -0.05) is 45.7 Å². The molecule has 0 amide bonds. The maximum absolute atomic E-state index is 12.5. The van der Waals surface area contributed by atoms with E-state index in [4.69, 9.17) is 11.6 Å². The van der Waals surface area contributed by atoms with E-state index in [0.717, 1.165) is 42.0 Å². The SMILES string of the molecule is O=S(=O)(NC1CCN(Cc2ccc(Cl)cc2)CC1)c1cccc(Br)c1. The lowest BCUT2D eigenvalue weighted by atomic mass is 10.1. The van der Waals surface area contributed by atoms with Gasteiger partial charge in [-0.25, -0.2) is 13.1 Å². The first kappa shape index (κ1) is 18.9. The van der Waals surface area contributed by atoms with Gasteiger partial charge in [0.1, 0.15) is 0 Å². The minimum Gasteiger partial charge on any atom is -0.299 e. The zero-order valence-corrected chi connectivity index (χ0v) is 16.8. The fourth-order valence-electron chi connectivity index (χ4n) is 2.98. The predicted molar refractivity (Wildman–Crippen MR) is 104 cm³/mol. The number of hydrogen-bond acceptors (Lipinski definition) is 3. The predicted octanol–water partition coefficient (Wildman–Crippen LogP) is 4.05. The quantitative estimate of drug-likeness (QED) is 0.758. The summed E-state index contributed by atoms with van der Waals surface area (Å²) in [5, 5.41) is 0.740. The van der Waals surface area contributed by atoms with Crippen molar-refractivity contribution in [3.63, 3.8) is 0 Å². The van der Waals surface area contributed by atoms with Crippen molar-refractivity contribution in [1.29, 1.82) is 0 Å². The fourth-order valence-corrected chi connectivity index (χ4v) is 5.01. The van der Waals surface area contributed by atoms with Gasteiger partial charge in [0.15, 0.2) is 0 Å². The molecule has 2 aromatic rings. The van der Waals surface area contributed by atoms with E-state index in [1.54, 1.807) is 18.2 Å². The molecule has 1 N–H and O–H groups in total. The third-order valence-corrected chi connectivity index (χ3v) is 6.60. The number of piperidine rings is 1. The summed E-state index contributed by atoms with van der Waals surface area (Å²) in [4.78, 5) is 2.64. The van der Waals surface area contributed by atoms with Gasteiger partial charge in [0.25, 0.3) is 0 Å². The molecule has 0 aliphatic carbocycles. The molecule has 0 aromatic heterocycles. The van der Waals surface area contributed by atoms with E-state index < -0.39 is 10.0 Å². The Kier molecular flexibility index (Phi) is 6.17. The first-order valence-electron chi connectivity index (χ1n) is 8.17. The summed E-state index contributed by atoms with van der Waals surface area (Å²) >= 11 is 9.23. The summed E-state index contributed by atoms with van der Waals surface area (Å²) in [6, 6.07) is 14.6. The fraction of sp³-hybridized carbons (Fsp3) is 0.333. The van der Waals surface area contributed by atoms with Gasteiger partial charge in [-0.2, -0.15) is 0 Å². The lowest BCUT2D eigenvalue weighted by Crippen LogP contribution is -2.44. The lowest BCUT2D eigenvalue weighted by Gasteiger charge is -2.32. The second kappa shape index (κ2) is 8.18. The Morgan fingerprint density at radius 1 is 1.12 bits per heavy atom. The first-order valence-corrected chi connectivity index (χ1v) is 10.8. The largest absolute Gasteiger partial charge is 0.299 e. The van der Waals surface area contributed by atoms with Crippen LogP contribution in [0.5, 0.6) is 0 Å². The van der Waals surface area contributed by atoms with Gasteiger partial charge in [0.05, 0.1) is 4.90 Å². The maximum Gasteiger partial charge on any atom is 0.240 e. The minimum absolute atomic E-state index is 0.0227. The summed E-state index contributed by atoms with van der Waals surface area (Å²) in [6.45, 7) is 2.60. The average molecular weight is 444 g/mol. The Hall–Kier alpha value is -0.920. The molecule has 0 spiro atoms. The van der Waals surface area contributed by atoms with Crippen LogP contribution in [0.4, 0.5) is 0 Å². The molecule has 1 aliphatic rings. The Morgan fingerprint density at radius 2 is 1.80 bits per heavy atom. The number of likely N-dealkylation sites (tertiary alicyclic amines) is 1. The number of sulfonamides is 1. The van der Waals surface area contributed by atoms with Crippen LogP contribution < -0.4 is 4.72 Å². The van der Waals surface area contributed by atoms with Crippen molar-refractivity contribution in [3.8, 4) is 0 Å². The number of nitrogens with one attached hydrogen (secondary N) is 1. The van der Waals surface area contributed by atoms with Crippen molar-refractivity contribution in [2.75, 3.05) is 13.1 Å². The molecule has 1 saturated heterocycles. The van der Waals surface area contributed by atoms with Crippen molar-refractivity contribution >= 4 is 37.6 Å². The molecular formula is C18H20BrClN2O2S. The molecule has 1 fully saturated rings. The van der Waals surface area contributed by atoms with Gasteiger partial charge in [-0.3, -0.25) is 4.90 Å². The minimum atomic E-state index is -3.48. The standard InChI is InChI=1S/C18H20BrClN2O2S/c19-15-2-1-3-18(12-15)25(23,24)21-17-8-10-22(11-9-17)13-14-4-6-16(20)7-5-14/h1-7,12,17,21H,8-11,13H2. The van der Waals surface area contributed by atoms with E-state index in [1.165, 1.54) is 5.56 Å². The number of benzene rings is 2. The van der Waals surface area contributed by atoms with Crippen molar-refractivity contribution in [2.45, 2.75) is 30.3 Å². The zero-order valence-electron chi connectivity index (χ0n) is 13.7. The van der Waals surface area contributed by atoms with Crippen LogP contribution >= 0.6 is 27.5 Å². The summed E-state index contributed by atoms with van der Waals surface area (Å²) < 4.78 is 28.6. The van der Waals surface area contributed by atoms with E-state index in [9.17, 15) is 8.42 Å². The van der Waals surface area contributed by atoms with Crippen LogP contribution in [0, 0.1) is 0 Å². The molecule has 7 heteroatoms. The second-order valence-electron chi connectivity index (χ2n) is 6.26. The molecule has 1 aliphatic heterocycles. The maximum atomic E-state index is 12.5. The molecule has 0 bridgehead atoms. The van der Waals surface area contributed by atoms with Crippen molar-refractivity contribution in [1.82, 2.24) is 9.62 Å². The van der Waals surface area contributed by atoms with Gasteiger partial charge in [0.2, 0.25) is 10.0 Å². The highest BCUT2D eigenvalue weighted by atomic mass is 79.9. The summed E-state index contributed by atoms with van der Waals surface area (Å²) in [5.74, 6) is 0. The molecule has 0 atom stereocenters. The van der Waals surface area contributed by atoms with Crippen molar-refractivity contribution in [3.05, 3.63) is 63.6 Å². The van der Waals surface area contributed by atoms with Crippen molar-refractivity contribution < 1.29 is 8.42 Å². The van der Waals surface area contributed by atoms with E-state index in [-0.39, 0.29) is 6.04 Å². The molecule has 3 rings (SSSR count). The Bertz CT molecular complexity index is 819. The number of hydrogen-bond donors (Lipinski definition) is 1. The number of nitrogens with zero attached hydrogens (tertiary/aromatic N) is 1. The van der Waals surface area contributed by atoms with Crippen LogP contribution in [0.1, 0.15) is 18.4 Å². The highest BCUT2D eigenvalue weighted by Gasteiger charge is 2.24. The van der Waals surface area contributed by atoms with Crippen molar-refractivity contribution in [2.24, 2.45) is 0 Å². The Morgan fingerprint density at radius 3 is 2.44 bits per heavy atom. The van der Waals surface area contributed by atoms with E-state index >= 15 is 0 Å². The van der Waals surface area contributed by atoms with Gasteiger partial charge < -0.3 is 0 Å². The summed E-state index contributed by atoms with van der Waals surface area (Å²) in [6.07, 6.45) is 1.61. The van der Waals surface area contributed by atoms with Crippen LogP contribution in [-0.4, -0.2) is 32.4 Å². The number of rotatable bonds is 5. The third-order valence-electron chi connectivity index (χ3n) is 4.34. The van der Waals surface area contributed by atoms with E-state index in [2.05, 4.69) is 25.6 Å². The van der Waals surface area contributed by atoms with Gasteiger partial charge in [-0.05, 0) is 48.7 Å². The van der Waals surface area contributed by atoms with Crippen LogP contribution in [0.2, 0.25) is 5.02 Å². The smallest absolute Gasteiger partial charge is 0.240 e. The van der Waals surface area contributed by atoms with Gasteiger partial charge in [0, 0.05) is 35.2 Å². The molecule has 0 unspecified atom stereocenters. The third kappa shape index (κ3) is 5.28. The zero-order chi connectivity index (χ0) is 17.9. The highest BCUT2D eigenvalue weighted by molar-refractivity contribution is 9.10. The van der Waals surface area contributed by atoms with Crippen LogP contribution in [0.25, 0.3) is 0 Å². The topological polar surface area (TPSA) is 49.4 Å². The molecule has 134 valence electrons. The molecule has 25 heavy (non-hydrogen) atoms. The summed E-state index contributed by atoms with van der Waals surface area (Å²) in [7, 11) is -3.48. The Balaban J connectivity index is 1.54. The first-order chi connectivity index (χ1) is 11.9. The van der Waals surface area contributed by atoms with Gasteiger partial charge >= 0.3 is 0 Å². The molecule has 0 radical (unpaired) electrons.